The normalized spacial score (nSPS) is 14.7. The highest BCUT2D eigenvalue weighted by Gasteiger charge is 2.35. The summed E-state index contributed by atoms with van der Waals surface area (Å²) in [6.45, 7) is 4.64. The number of rotatable bonds is 7. The summed E-state index contributed by atoms with van der Waals surface area (Å²) in [7, 11) is 0. The molecule has 0 aliphatic carbocycles. The number of nitrogens with zero attached hydrogens (tertiary/aromatic N) is 5. The van der Waals surface area contributed by atoms with Gasteiger partial charge in [-0.3, -0.25) is 9.36 Å². The topological polar surface area (TPSA) is 111 Å². The lowest BCUT2D eigenvalue weighted by atomic mass is 10.0. The lowest BCUT2D eigenvalue weighted by Crippen LogP contribution is -2.44. The number of thiophene rings is 1. The third kappa shape index (κ3) is 5.50. The number of amides is 1. The van der Waals surface area contributed by atoms with E-state index in [0.717, 1.165) is 49.1 Å². The number of nitrogens with two attached hydrogens (primary N) is 1. The van der Waals surface area contributed by atoms with Crippen molar-refractivity contribution in [3.63, 3.8) is 0 Å². The van der Waals surface area contributed by atoms with Crippen molar-refractivity contribution in [2.45, 2.75) is 19.2 Å². The van der Waals surface area contributed by atoms with Crippen molar-refractivity contribution in [2.75, 3.05) is 31.1 Å². The van der Waals surface area contributed by atoms with Crippen LogP contribution >= 0.6 is 11.3 Å². The number of primary amides is 1. The minimum absolute atomic E-state index is 0.0432. The zero-order chi connectivity index (χ0) is 30.3. The van der Waals surface area contributed by atoms with Crippen molar-refractivity contribution >= 4 is 34.2 Å². The van der Waals surface area contributed by atoms with Gasteiger partial charge in [0.15, 0.2) is 5.75 Å². The van der Waals surface area contributed by atoms with Gasteiger partial charge < -0.3 is 20.7 Å². The van der Waals surface area contributed by atoms with E-state index in [-0.39, 0.29) is 15.4 Å². The van der Waals surface area contributed by atoms with Gasteiger partial charge in [0.2, 0.25) is 11.8 Å². The molecule has 6 rings (SSSR count). The number of alkyl halides is 3. The van der Waals surface area contributed by atoms with Gasteiger partial charge in [-0.2, -0.15) is 17.6 Å². The fourth-order valence-corrected chi connectivity index (χ4v) is 5.97. The average molecular weight is 612 g/mol. The Labute approximate surface area is 247 Å². The largest absolute Gasteiger partial charge is 0.481 e. The van der Waals surface area contributed by atoms with E-state index >= 15 is 4.39 Å². The molecule has 1 aliphatic rings. The van der Waals surface area contributed by atoms with Crippen LogP contribution in [0.3, 0.4) is 0 Å². The fraction of sp³-hybridized carbons (Fsp3) is 0.241. The van der Waals surface area contributed by atoms with Gasteiger partial charge in [-0.25, -0.2) is 15.0 Å². The van der Waals surface area contributed by atoms with E-state index < -0.39 is 35.3 Å². The van der Waals surface area contributed by atoms with E-state index in [1.807, 2.05) is 12.1 Å². The van der Waals surface area contributed by atoms with Gasteiger partial charge in [-0.1, -0.05) is 24.3 Å². The molecule has 0 bridgehead atoms. The summed E-state index contributed by atoms with van der Waals surface area (Å²) >= 11 is 0.727. The molecular formula is C29H25F4N7O2S. The number of fused-ring (bicyclic) bond motifs is 1. The third-order valence-corrected chi connectivity index (χ3v) is 8.28. The number of ether oxygens (including phenoxy) is 1. The number of halogens is 4. The molecule has 2 aromatic carbocycles. The predicted octanol–water partition coefficient (Wildman–Crippen LogP) is 5.35. The van der Waals surface area contributed by atoms with Crippen molar-refractivity contribution in [1.29, 1.82) is 0 Å². The highest BCUT2D eigenvalue weighted by molar-refractivity contribution is 7.16. The summed E-state index contributed by atoms with van der Waals surface area (Å²) in [6.07, 6.45) is -2.79. The van der Waals surface area contributed by atoms with Crippen LogP contribution in [0, 0.1) is 5.82 Å². The molecule has 1 amide bonds. The summed E-state index contributed by atoms with van der Waals surface area (Å²) in [4.78, 5) is 27.7. The molecule has 4 heterocycles. The molecule has 0 unspecified atom stereocenters. The number of piperazine rings is 1. The fourth-order valence-electron chi connectivity index (χ4n) is 5.02. The quantitative estimate of drug-likeness (QED) is 0.239. The van der Waals surface area contributed by atoms with Gasteiger partial charge in [0.1, 0.15) is 22.3 Å². The molecule has 1 fully saturated rings. The maximum absolute atomic E-state index is 15.9. The molecule has 9 nitrogen and oxygen atoms in total. The molecule has 3 aromatic heterocycles. The van der Waals surface area contributed by atoms with Crippen LogP contribution in [0.25, 0.3) is 27.3 Å². The van der Waals surface area contributed by atoms with Gasteiger partial charge in [0.25, 0.3) is 5.91 Å². The third-order valence-electron chi connectivity index (χ3n) is 7.12. The molecular weight excluding hydrogens is 586 g/mol. The highest BCUT2D eigenvalue weighted by atomic mass is 32.1. The number of aromatic nitrogens is 4. The van der Waals surface area contributed by atoms with Crippen molar-refractivity contribution in [1.82, 2.24) is 24.8 Å². The Morgan fingerprint density at radius 2 is 1.88 bits per heavy atom. The van der Waals surface area contributed by atoms with Crippen molar-refractivity contribution in [2.24, 2.45) is 5.73 Å². The number of nitrogens with one attached hydrogen (secondary N) is 1. The van der Waals surface area contributed by atoms with E-state index in [9.17, 15) is 18.0 Å². The van der Waals surface area contributed by atoms with Gasteiger partial charge >= 0.3 is 6.18 Å². The lowest BCUT2D eigenvalue weighted by molar-refractivity contribution is -0.139. The first kappa shape index (κ1) is 28.6. The Morgan fingerprint density at radius 3 is 2.63 bits per heavy atom. The van der Waals surface area contributed by atoms with Crippen LogP contribution in [0.5, 0.6) is 5.75 Å². The number of carbonyl (C=O) groups is 1. The summed E-state index contributed by atoms with van der Waals surface area (Å²) < 4.78 is 63.8. The maximum atomic E-state index is 15.9. The first-order valence-electron chi connectivity index (χ1n) is 13.3. The van der Waals surface area contributed by atoms with E-state index in [1.165, 1.54) is 36.0 Å². The van der Waals surface area contributed by atoms with Crippen molar-refractivity contribution in [3.8, 4) is 22.0 Å². The van der Waals surface area contributed by atoms with Gasteiger partial charge in [-0.05, 0) is 31.2 Å². The van der Waals surface area contributed by atoms with Crippen molar-refractivity contribution in [3.05, 3.63) is 82.9 Å². The Kier molecular flexibility index (Phi) is 7.48. The zero-order valence-electron chi connectivity index (χ0n) is 22.7. The standard InChI is InChI=1S/C29H25F4N7O2S/c1-16(18-4-2-3-5-19(18)29(31,32)33)42-24-23(30)27(43-25(24)26(34)41)40-15-37-21-14-17(6-7-22(21)40)20-8-9-36-28(38-20)39-12-10-35-11-13-39/h2-9,14-16,35H,10-13H2,1H3,(H2,34,41)/t16-/m1/s1. The Balaban J connectivity index is 1.33. The first-order valence-corrected chi connectivity index (χ1v) is 14.1. The number of anilines is 1. The molecule has 0 spiro atoms. The van der Waals surface area contributed by atoms with Gasteiger partial charge in [0, 0.05) is 43.5 Å². The van der Waals surface area contributed by atoms with Crippen LogP contribution in [-0.2, 0) is 6.18 Å². The minimum atomic E-state index is -4.65. The Bertz CT molecular complexity index is 1810. The molecule has 3 N–H and O–H groups in total. The highest BCUT2D eigenvalue weighted by Crippen LogP contribution is 2.42. The predicted molar refractivity (Wildman–Crippen MR) is 154 cm³/mol. The van der Waals surface area contributed by atoms with Gasteiger partial charge in [-0.15, -0.1) is 11.3 Å². The number of carbonyl (C=O) groups excluding carboxylic acids is 1. The van der Waals surface area contributed by atoms with E-state index in [4.69, 9.17) is 15.5 Å². The summed E-state index contributed by atoms with van der Waals surface area (Å²) in [5.41, 5.74) is 6.94. The van der Waals surface area contributed by atoms with Crippen LogP contribution in [0.1, 0.15) is 33.8 Å². The van der Waals surface area contributed by atoms with Gasteiger partial charge in [0.05, 0.1) is 22.3 Å². The molecule has 14 heteroatoms. The molecule has 222 valence electrons. The number of imidazole rings is 1. The van der Waals surface area contributed by atoms with Crippen LogP contribution in [-0.4, -0.2) is 51.6 Å². The maximum Gasteiger partial charge on any atom is 0.416 e. The smallest absolute Gasteiger partial charge is 0.416 e. The van der Waals surface area contributed by atoms with E-state index in [2.05, 4.69) is 20.2 Å². The second-order valence-corrected chi connectivity index (χ2v) is 10.9. The summed E-state index contributed by atoms with van der Waals surface area (Å²) in [5, 5.41) is 3.25. The Hall–Kier alpha value is -4.56. The molecule has 5 aromatic rings. The van der Waals surface area contributed by atoms with Crippen molar-refractivity contribution < 1.29 is 27.1 Å². The number of hydrogen-bond acceptors (Lipinski definition) is 8. The molecule has 0 radical (unpaired) electrons. The van der Waals surface area contributed by atoms with Crippen LogP contribution < -0.4 is 20.7 Å². The minimum Gasteiger partial charge on any atom is -0.481 e. The first-order chi connectivity index (χ1) is 20.6. The molecule has 43 heavy (non-hydrogen) atoms. The average Bonchev–Trinajstić information content (AvgIpc) is 3.57. The summed E-state index contributed by atoms with van der Waals surface area (Å²) in [5.74, 6) is -1.80. The molecule has 1 atom stereocenters. The second-order valence-electron chi connectivity index (χ2n) is 9.89. The lowest BCUT2D eigenvalue weighted by Gasteiger charge is -2.27. The number of benzene rings is 2. The molecule has 1 aliphatic heterocycles. The number of hydrogen-bond donors (Lipinski definition) is 2. The van der Waals surface area contributed by atoms with Crippen LogP contribution in [0.15, 0.2) is 61.1 Å². The zero-order valence-corrected chi connectivity index (χ0v) is 23.5. The molecule has 0 saturated carbocycles. The van der Waals surface area contributed by atoms with E-state index in [0.29, 0.717) is 22.7 Å². The Morgan fingerprint density at radius 1 is 1.12 bits per heavy atom. The SMILES string of the molecule is C[C@@H](Oc1c(C(N)=O)sc(-n2cnc3cc(-c4ccnc(N5CCNCC5)n4)ccc32)c1F)c1ccccc1C(F)(F)F. The summed E-state index contributed by atoms with van der Waals surface area (Å²) in [6, 6.07) is 12.0. The second kappa shape index (κ2) is 11.3. The van der Waals surface area contributed by atoms with Crippen LogP contribution in [0.4, 0.5) is 23.5 Å². The van der Waals surface area contributed by atoms with Crippen LogP contribution in [0.2, 0.25) is 0 Å². The van der Waals surface area contributed by atoms with E-state index in [1.54, 1.807) is 18.3 Å². The monoisotopic (exact) mass is 611 g/mol. The molecule has 1 saturated heterocycles.